The van der Waals surface area contributed by atoms with E-state index in [4.69, 9.17) is 0 Å². The van der Waals surface area contributed by atoms with E-state index >= 15 is 0 Å². The highest BCUT2D eigenvalue weighted by molar-refractivity contribution is 7.91. The van der Waals surface area contributed by atoms with Gasteiger partial charge in [0.15, 0.2) is 5.01 Å². The maximum Gasteiger partial charge on any atom is 0.280 e. The Morgan fingerprint density at radius 3 is 2.38 bits per heavy atom. The summed E-state index contributed by atoms with van der Waals surface area (Å²) in [6.45, 7) is 6.19. The van der Waals surface area contributed by atoms with Crippen molar-refractivity contribution in [3.63, 3.8) is 0 Å². The number of amides is 2. The Bertz CT molecular complexity index is 1270. The third kappa shape index (κ3) is 5.38. The van der Waals surface area contributed by atoms with E-state index < -0.39 is 9.84 Å². The van der Waals surface area contributed by atoms with Crippen molar-refractivity contribution < 1.29 is 18.0 Å². The molecule has 37 heavy (non-hydrogen) atoms. The van der Waals surface area contributed by atoms with Gasteiger partial charge < -0.3 is 15.5 Å². The molecule has 0 unspecified atom stereocenters. The van der Waals surface area contributed by atoms with Crippen molar-refractivity contribution in [1.82, 2.24) is 20.2 Å². The first-order chi connectivity index (χ1) is 17.6. The fourth-order valence-electron chi connectivity index (χ4n) is 5.62. The molecule has 3 saturated heterocycles. The van der Waals surface area contributed by atoms with Crippen molar-refractivity contribution in [2.75, 3.05) is 16.8 Å². The molecule has 2 aromatic heterocycles. The Labute approximate surface area is 222 Å². The molecule has 0 radical (unpaired) electrons. The molecule has 3 aliphatic rings. The molecule has 1 atom stereocenters. The van der Waals surface area contributed by atoms with Crippen LogP contribution in [0.5, 0.6) is 0 Å². The first-order valence-corrected chi connectivity index (χ1v) is 15.9. The molecular weight excluding hydrogens is 510 g/mol. The highest BCUT2D eigenvalue weighted by Gasteiger charge is 2.44. The predicted molar refractivity (Wildman–Crippen MR) is 145 cm³/mol. The third-order valence-electron chi connectivity index (χ3n) is 7.96. The van der Waals surface area contributed by atoms with E-state index in [1.807, 2.05) is 17.9 Å². The molecule has 0 aliphatic carbocycles. The van der Waals surface area contributed by atoms with Crippen molar-refractivity contribution in [2.24, 2.45) is 0 Å². The molecule has 2 N–H and O–H groups in total. The number of aromatic nitrogens is 2. The number of hydrogen-bond donors (Lipinski definition) is 2. The number of rotatable bonds is 7. The predicted octanol–water partition coefficient (Wildman–Crippen LogP) is 3.80. The van der Waals surface area contributed by atoms with E-state index in [-0.39, 0.29) is 52.5 Å². The Balaban J connectivity index is 1.45. The maximum absolute atomic E-state index is 13.8. The maximum atomic E-state index is 13.8. The number of carbonyl (C=O) groups is 2. The minimum absolute atomic E-state index is 0.0738. The summed E-state index contributed by atoms with van der Waals surface area (Å²) >= 11 is 1.21. The summed E-state index contributed by atoms with van der Waals surface area (Å²) in [5.41, 5.74) is 2.06. The number of nitrogens with one attached hydrogen (secondary N) is 2. The second-order valence-electron chi connectivity index (χ2n) is 10.6. The van der Waals surface area contributed by atoms with Crippen LogP contribution in [0.15, 0.2) is 12.3 Å². The van der Waals surface area contributed by atoms with Crippen molar-refractivity contribution in [3.05, 3.63) is 28.5 Å². The molecule has 2 amide bonds. The minimum atomic E-state index is -3.02. The van der Waals surface area contributed by atoms with Gasteiger partial charge in [0.1, 0.15) is 21.3 Å². The van der Waals surface area contributed by atoms with Crippen LogP contribution < -0.4 is 10.6 Å². The Morgan fingerprint density at radius 1 is 1.14 bits per heavy atom. The molecule has 0 saturated carbocycles. The average Bonchev–Trinajstić information content (AvgIpc) is 3.59. The standard InChI is InChI=1S/C26H35N5O4S2/c1-4-16(3)28-21-13-15(2)20(14-27-21)23-22(26(33)31-18-5-6-19(31)8-7-18)30-25(36-23)24(32)29-17-9-11-37(34,35)12-10-17/h13-14,16-19H,4-12H2,1-3H3,(H,27,28)(H,29,32)/t16-,18?,19?/m1/s1. The lowest BCUT2D eigenvalue weighted by molar-refractivity contribution is 0.0725. The number of carbonyl (C=O) groups excluding carboxylic acids is 2. The Hall–Kier alpha value is -2.53. The third-order valence-corrected chi connectivity index (χ3v) is 10.8. The molecule has 3 aliphatic heterocycles. The number of aryl methyl sites for hydroxylation is 1. The summed E-state index contributed by atoms with van der Waals surface area (Å²) in [6.07, 6.45) is 7.59. The van der Waals surface area contributed by atoms with Gasteiger partial charge in [0.2, 0.25) is 0 Å². The van der Waals surface area contributed by atoms with Gasteiger partial charge in [0.25, 0.3) is 11.8 Å². The van der Waals surface area contributed by atoms with Crippen LogP contribution >= 0.6 is 11.3 Å². The molecule has 2 bridgehead atoms. The van der Waals surface area contributed by atoms with E-state index in [1.165, 1.54) is 11.3 Å². The fraction of sp³-hybridized carbons (Fsp3) is 0.615. The summed E-state index contributed by atoms with van der Waals surface area (Å²) in [7, 11) is -3.02. The van der Waals surface area contributed by atoms with Crippen LogP contribution in [0.25, 0.3) is 10.4 Å². The van der Waals surface area contributed by atoms with Crippen LogP contribution in [0, 0.1) is 6.92 Å². The van der Waals surface area contributed by atoms with Gasteiger partial charge in [-0.15, -0.1) is 11.3 Å². The first-order valence-electron chi connectivity index (χ1n) is 13.2. The molecule has 5 heterocycles. The Morgan fingerprint density at radius 2 is 1.78 bits per heavy atom. The molecule has 200 valence electrons. The van der Waals surface area contributed by atoms with Crippen molar-refractivity contribution in [2.45, 2.75) is 89.9 Å². The van der Waals surface area contributed by atoms with Gasteiger partial charge >= 0.3 is 0 Å². The zero-order chi connectivity index (χ0) is 26.3. The number of nitrogens with zero attached hydrogens (tertiary/aromatic N) is 3. The van der Waals surface area contributed by atoms with Gasteiger partial charge in [-0.1, -0.05) is 6.92 Å². The molecule has 5 rings (SSSR count). The summed E-state index contributed by atoms with van der Waals surface area (Å²) in [5, 5.41) is 6.55. The SMILES string of the molecule is CC[C@@H](C)Nc1cc(C)c(-c2sc(C(=O)NC3CCS(=O)(=O)CC3)nc2C(=O)N2C3CCC2CC3)cn1. The van der Waals surface area contributed by atoms with Gasteiger partial charge in [-0.2, -0.15) is 0 Å². The van der Waals surface area contributed by atoms with E-state index in [0.29, 0.717) is 23.4 Å². The number of thiazole rings is 1. The number of fused-ring (bicyclic) bond motifs is 2. The molecule has 11 heteroatoms. The van der Waals surface area contributed by atoms with Crippen molar-refractivity contribution in [3.8, 4) is 10.4 Å². The van der Waals surface area contributed by atoms with Gasteiger partial charge in [-0.3, -0.25) is 9.59 Å². The normalized spacial score (nSPS) is 23.7. The van der Waals surface area contributed by atoms with E-state index in [1.54, 1.807) is 6.20 Å². The van der Waals surface area contributed by atoms with Gasteiger partial charge in [0.05, 0.1) is 16.4 Å². The second kappa shape index (κ2) is 10.3. The monoisotopic (exact) mass is 545 g/mol. The number of anilines is 1. The smallest absolute Gasteiger partial charge is 0.280 e. The number of hydrogen-bond acceptors (Lipinski definition) is 8. The van der Waals surface area contributed by atoms with Crippen molar-refractivity contribution in [1.29, 1.82) is 0 Å². The molecule has 9 nitrogen and oxygen atoms in total. The molecule has 0 aromatic carbocycles. The lowest BCUT2D eigenvalue weighted by atomic mass is 10.0. The zero-order valence-corrected chi connectivity index (χ0v) is 23.3. The zero-order valence-electron chi connectivity index (χ0n) is 21.6. The molecule has 2 aromatic rings. The van der Waals surface area contributed by atoms with E-state index in [0.717, 1.165) is 49.0 Å². The second-order valence-corrected chi connectivity index (χ2v) is 13.9. The lowest BCUT2D eigenvalue weighted by Crippen LogP contribution is -2.41. The highest BCUT2D eigenvalue weighted by Crippen LogP contribution is 2.41. The van der Waals surface area contributed by atoms with E-state index in [2.05, 4.69) is 34.4 Å². The van der Waals surface area contributed by atoms with Crippen LogP contribution in [0.2, 0.25) is 0 Å². The van der Waals surface area contributed by atoms with Crippen LogP contribution in [0.3, 0.4) is 0 Å². The molecular formula is C26H35N5O4S2. The Kier molecular flexibility index (Phi) is 7.28. The molecule has 3 fully saturated rings. The molecule has 0 spiro atoms. The van der Waals surface area contributed by atoms with Gasteiger partial charge in [0, 0.05) is 35.9 Å². The van der Waals surface area contributed by atoms with Crippen LogP contribution in [-0.2, 0) is 9.84 Å². The average molecular weight is 546 g/mol. The first kappa shape index (κ1) is 26.1. The quantitative estimate of drug-likeness (QED) is 0.543. The van der Waals surface area contributed by atoms with Crippen molar-refractivity contribution >= 4 is 38.8 Å². The fourth-order valence-corrected chi connectivity index (χ4v) is 8.15. The largest absolute Gasteiger partial charge is 0.368 e. The summed E-state index contributed by atoms with van der Waals surface area (Å²) in [5.74, 6) is 0.449. The summed E-state index contributed by atoms with van der Waals surface area (Å²) in [6, 6.07) is 2.53. The van der Waals surface area contributed by atoms with Gasteiger partial charge in [-0.25, -0.2) is 18.4 Å². The number of sulfone groups is 1. The summed E-state index contributed by atoms with van der Waals surface area (Å²) < 4.78 is 23.5. The minimum Gasteiger partial charge on any atom is -0.368 e. The van der Waals surface area contributed by atoms with Crippen LogP contribution in [0.4, 0.5) is 5.82 Å². The van der Waals surface area contributed by atoms with Crippen LogP contribution in [-0.4, -0.2) is 70.8 Å². The lowest BCUT2D eigenvalue weighted by Gasteiger charge is -2.22. The van der Waals surface area contributed by atoms with Gasteiger partial charge in [-0.05, 0) is 70.4 Å². The van der Waals surface area contributed by atoms with Crippen LogP contribution in [0.1, 0.15) is 84.6 Å². The summed E-state index contributed by atoms with van der Waals surface area (Å²) in [4.78, 5) is 38.8. The topological polar surface area (TPSA) is 121 Å². The van der Waals surface area contributed by atoms with E-state index in [9.17, 15) is 18.0 Å². The highest BCUT2D eigenvalue weighted by atomic mass is 32.2. The number of pyridine rings is 1.